The van der Waals surface area contributed by atoms with E-state index < -0.39 is 0 Å². The van der Waals surface area contributed by atoms with E-state index in [0.717, 1.165) is 11.8 Å². The van der Waals surface area contributed by atoms with Gasteiger partial charge in [0.05, 0.1) is 0 Å². The zero-order valence-electron chi connectivity index (χ0n) is 13.1. The Kier molecular flexibility index (Phi) is 4.83. The van der Waals surface area contributed by atoms with Crippen molar-refractivity contribution in [2.45, 2.75) is 70.8 Å². The molecule has 1 N–H and O–H groups in total. The molecular weight excluding hydrogens is 262 g/mol. The van der Waals surface area contributed by atoms with Crippen molar-refractivity contribution in [2.75, 3.05) is 7.05 Å². The lowest BCUT2D eigenvalue weighted by molar-refractivity contribution is 0.216. The quantitative estimate of drug-likeness (QED) is 0.813. The van der Waals surface area contributed by atoms with Crippen LogP contribution < -0.4 is 5.32 Å². The number of aryl methyl sites for hydroxylation is 2. The van der Waals surface area contributed by atoms with Gasteiger partial charge >= 0.3 is 0 Å². The van der Waals surface area contributed by atoms with Crippen LogP contribution in [0.2, 0.25) is 0 Å². The molecule has 2 aliphatic rings. The average molecular weight is 292 g/mol. The second kappa shape index (κ2) is 6.62. The molecule has 1 heterocycles. The summed E-state index contributed by atoms with van der Waals surface area (Å²) < 4.78 is 0. The molecule has 1 nitrogen and oxygen atoms in total. The minimum Gasteiger partial charge on any atom is -0.312 e. The zero-order chi connectivity index (χ0) is 13.9. The van der Waals surface area contributed by atoms with Crippen LogP contribution in [0.5, 0.6) is 0 Å². The molecule has 1 fully saturated rings. The van der Waals surface area contributed by atoms with E-state index in [4.69, 9.17) is 0 Å². The summed E-state index contributed by atoms with van der Waals surface area (Å²) in [6.45, 7) is 2.37. The first-order valence-corrected chi connectivity index (χ1v) is 9.42. The molecule has 112 valence electrons. The Morgan fingerprint density at radius 3 is 2.85 bits per heavy atom. The van der Waals surface area contributed by atoms with E-state index in [1.54, 1.807) is 15.3 Å². The molecule has 0 bridgehead atoms. The van der Waals surface area contributed by atoms with Gasteiger partial charge < -0.3 is 5.32 Å². The van der Waals surface area contributed by atoms with Crippen LogP contribution in [0.1, 0.15) is 73.2 Å². The van der Waals surface area contributed by atoms with E-state index in [0.29, 0.717) is 6.04 Å². The van der Waals surface area contributed by atoms with Crippen LogP contribution in [0.25, 0.3) is 0 Å². The van der Waals surface area contributed by atoms with Crippen molar-refractivity contribution in [3.05, 3.63) is 21.4 Å². The molecular formula is C18H29NS. The fourth-order valence-corrected chi connectivity index (χ4v) is 5.74. The summed E-state index contributed by atoms with van der Waals surface area (Å²) in [5.41, 5.74) is 1.67. The first-order chi connectivity index (χ1) is 9.81. The summed E-state index contributed by atoms with van der Waals surface area (Å²) in [6.07, 6.45) is 12.6. The van der Waals surface area contributed by atoms with Crippen LogP contribution in [-0.4, -0.2) is 7.05 Å². The SMILES string of the molecule is CCC1CCCC(C(NC)c2cc3c(s2)CCCC3)C1. The molecule has 3 rings (SSSR count). The third-order valence-electron chi connectivity index (χ3n) is 5.51. The van der Waals surface area contributed by atoms with E-state index in [2.05, 4.69) is 36.7 Å². The zero-order valence-corrected chi connectivity index (χ0v) is 13.9. The van der Waals surface area contributed by atoms with E-state index >= 15 is 0 Å². The Hall–Kier alpha value is -0.340. The van der Waals surface area contributed by atoms with Crippen LogP contribution in [0.3, 0.4) is 0 Å². The van der Waals surface area contributed by atoms with Gasteiger partial charge in [-0.2, -0.15) is 0 Å². The van der Waals surface area contributed by atoms with Crippen molar-refractivity contribution in [3.8, 4) is 0 Å². The maximum Gasteiger partial charge on any atom is 0.0441 e. The summed E-state index contributed by atoms with van der Waals surface area (Å²) in [5.74, 6) is 1.83. The van der Waals surface area contributed by atoms with Gasteiger partial charge in [0.25, 0.3) is 0 Å². The van der Waals surface area contributed by atoms with Crippen molar-refractivity contribution >= 4 is 11.3 Å². The highest BCUT2D eigenvalue weighted by molar-refractivity contribution is 7.12. The van der Waals surface area contributed by atoms with Gasteiger partial charge in [0.1, 0.15) is 0 Å². The van der Waals surface area contributed by atoms with Crippen molar-refractivity contribution in [1.82, 2.24) is 5.32 Å². The molecule has 0 aromatic carbocycles. The summed E-state index contributed by atoms with van der Waals surface area (Å²) in [4.78, 5) is 3.32. The average Bonchev–Trinajstić information content (AvgIpc) is 2.91. The molecule has 0 amide bonds. The standard InChI is InChI=1S/C18H29NS/c1-3-13-7-6-9-15(11-13)18(19-2)17-12-14-8-4-5-10-16(14)20-17/h12-13,15,18-19H,3-11H2,1-2H3. The van der Waals surface area contributed by atoms with Gasteiger partial charge in [-0.25, -0.2) is 0 Å². The minimum atomic E-state index is 0.611. The van der Waals surface area contributed by atoms with Crippen LogP contribution in [-0.2, 0) is 12.8 Å². The van der Waals surface area contributed by atoms with Gasteiger partial charge in [-0.3, -0.25) is 0 Å². The number of fused-ring (bicyclic) bond motifs is 1. The number of hydrogen-bond acceptors (Lipinski definition) is 2. The van der Waals surface area contributed by atoms with Gasteiger partial charge in [-0.05, 0) is 69.0 Å². The molecule has 0 saturated heterocycles. The number of rotatable bonds is 4. The predicted molar refractivity (Wildman–Crippen MR) is 88.5 cm³/mol. The van der Waals surface area contributed by atoms with Gasteiger partial charge in [0, 0.05) is 15.8 Å². The van der Waals surface area contributed by atoms with Crippen molar-refractivity contribution in [3.63, 3.8) is 0 Å². The Bertz CT molecular complexity index is 413. The molecule has 0 aliphatic heterocycles. The number of thiophene rings is 1. The third kappa shape index (κ3) is 2.96. The molecule has 3 unspecified atom stereocenters. The largest absolute Gasteiger partial charge is 0.312 e. The van der Waals surface area contributed by atoms with Crippen LogP contribution >= 0.6 is 11.3 Å². The topological polar surface area (TPSA) is 12.0 Å². The third-order valence-corrected chi connectivity index (χ3v) is 6.83. The summed E-state index contributed by atoms with van der Waals surface area (Å²) in [5, 5.41) is 3.65. The molecule has 0 radical (unpaired) electrons. The van der Waals surface area contributed by atoms with Crippen LogP contribution in [0, 0.1) is 11.8 Å². The molecule has 1 aromatic heterocycles. The first kappa shape index (κ1) is 14.6. The van der Waals surface area contributed by atoms with Crippen LogP contribution in [0.4, 0.5) is 0 Å². The fourth-order valence-electron chi connectivity index (χ4n) is 4.28. The summed E-state index contributed by atoms with van der Waals surface area (Å²) in [6, 6.07) is 3.15. The van der Waals surface area contributed by atoms with Crippen molar-refractivity contribution in [1.29, 1.82) is 0 Å². The normalized spacial score (nSPS) is 28.1. The van der Waals surface area contributed by atoms with Crippen molar-refractivity contribution < 1.29 is 0 Å². The number of hydrogen-bond donors (Lipinski definition) is 1. The van der Waals surface area contributed by atoms with Crippen molar-refractivity contribution in [2.24, 2.45) is 11.8 Å². The van der Waals surface area contributed by atoms with Gasteiger partial charge in [-0.15, -0.1) is 11.3 Å². The van der Waals surface area contributed by atoms with Gasteiger partial charge in [0.2, 0.25) is 0 Å². The maximum absolute atomic E-state index is 3.65. The van der Waals surface area contributed by atoms with Gasteiger partial charge in [0.15, 0.2) is 0 Å². The lowest BCUT2D eigenvalue weighted by atomic mass is 9.76. The highest BCUT2D eigenvalue weighted by atomic mass is 32.1. The Balaban J connectivity index is 1.76. The molecule has 0 spiro atoms. The molecule has 3 atom stereocenters. The Labute approximate surface area is 128 Å². The van der Waals surface area contributed by atoms with Gasteiger partial charge in [-0.1, -0.05) is 26.2 Å². The van der Waals surface area contributed by atoms with E-state index in [9.17, 15) is 0 Å². The number of nitrogens with one attached hydrogen (secondary N) is 1. The van der Waals surface area contributed by atoms with E-state index in [1.165, 1.54) is 57.8 Å². The highest BCUT2D eigenvalue weighted by Gasteiger charge is 2.29. The predicted octanol–water partition coefficient (Wildman–Crippen LogP) is 5.10. The molecule has 1 saturated carbocycles. The lowest BCUT2D eigenvalue weighted by Gasteiger charge is -2.33. The fraction of sp³-hybridized carbons (Fsp3) is 0.778. The Morgan fingerprint density at radius 1 is 1.25 bits per heavy atom. The smallest absolute Gasteiger partial charge is 0.0441 e. The first-order valence-electron chi connectivity index (χ1n) is 8.60. The monoisotopic (exact) mass is 291 g/mol. The summed E-state index contributed by atoms with van der Waals surface area (Å²) >= 11 is 2.11. The lowest BCUT2D eigenvalue weighted by Crippen LogP contribution is -2.28. The van der Waals surface area contributed by atoms with Crippen LogP contribution in [0.15, 0.2) is 6.07 Å². The summed E-state index contributed by atoms with van der Waals surface area (Å²) in [7, 11) is 2.17. The van der Waals surface area contributed by atoms with E-state index in [1.807, 2.05) is 0 Å². The molecule has 2 aliphatic carbocycles. The molecule has 2 heteroatoms. The second-order valence-corrected chi connectivity index (χ2v) is 7.94. The molecule has 20 heavy (non-hydrogen) atoms. The second-order valence-electron chi connectivity index (χ2n) is 6.77. The highest BCUT2D eigenvalue weighted by Crippen LogP contribution is 2.42. The Morgan fingerprint density at radius 2 is 2.10 bits per heavy atom. The molecule has 1 aromatic rings. The maximum atomic E-state index is 3.65. The minimum absolute atomic E-state index is 0.611. The van der Waals surface area contributed by atoms with E-state index in [-0.39, 0.29) is 0 Å².